The SMILES string of the molecule is CCNc1c(C=N)cc2nc1CC(C)(O)COCC(c1ccccc1)NC(=O)N2. The summed E-state index contributed by atoms with van der Waals surface area (Å²) in [7, 11) is 0. The summed E-state index contributed by atoms with van der Waals surface area (Å²) in [6.45, 7) is 4.58. The van der Waals surface area contributed by atoms with Gasteiger partial charge in [0.25, 0.3) is 0 Å². The van der Waals surface area contributed by atoms with E-state index in [4.69, 9.17) is 10.1 Å². The van der Waals surface area contributed by atoms with Crippen LogP contribution in [0.25, 0.3) is 0 Å². The van der Waals surface area contributed by atoms with Crippen molar-refractivity contribution >= 4 is 23.8 Å². The smallest absolute Gasteiger partial charge is 0.320 e. The Morgan fingerprint density at radius 3 is 2.86 bits per heavy atom. The highest BCUT2D eigenvalue weighted by Gasteiger charge is 2.27. The first-order valence-electron chi connectivity index (χ1n) is 9.62. The molecule has 3 rings (SSSR count). The third-order valence-corrected chi connectivity index (χ3v) is 4.63. The number of nitrogens with zero attached hydrogens (tertiary/aromatic N) is 1. The molecule has 0 radical (unpaired) electrons. The first-order chi connectivity index (χ1) is 13.9. The number of rotatable bonds is 4. The van der Waals surface area contributed by atoms with E-state index in [0.29, 0.717) is 29.3 Å². The van der Waals surface area contributed by atoms with E-state index in [-0.39, 0.29) is 25.7 Å². The molecule has 2 atom stereocenters. The molecule has 29 heavy (non-hydrogen) atoms. The second-order valence-corrected chi connectivity index (χ2v) is 7.34. The number of carbonyl (C=O) groups excluding carboxylic acids is 1. The van der Waals surface area contributed by atoms with Crippen LogP contribution in [-0.4, -0.2) is 47.7 Å². The second-order valence-electron chi connectivity index (χ2n) is 7.34. The fraction of sp³-hybridized carbons (Fsp3) is 0.381. The van der Waals surface area contributed by atoms with E-state index < -0.39 is 11.6 Å². The predicted octanol–water partition coefficient (Wildman–Crippen LogP) is 2.70. The lowest BCUT2D eigenvalue weighted by molar-refractivity contribution is -0.0380. The molecular formula is C21H27N5O3. The zero-order valence-electron chi connectivity index (χ0n) is 16.7. The summed E-state index contributed by atoms with van der Waals surface area (Å²) in [5, 5.41) is 27.5. The Kier molecular flexibility index (Phi) is 6.46. The van der Waals surface area contributed by atoms with E-state index in [9.17, 15) is 9.90 Å². The van der Waals surface area contributed by atoms with Crippen LogP contribution >= 0.6 is 0 Å². The first kappa shape index (κ1) is 20.8. The average molecular weight is 397 g/mol. The number of aromatic nitrogens is 1. The monoisotopic (exact) mass is 397 g/mol. The lowest BCUT2D eigenvalue weighted by atomic mass is 9.98. The lowest BCUT2D eigenvalue weighted by Crippen LogP contribution is -2.39. The normalized spacial score (nSPS) is 22.4. The highest BCUT2D eigenvalue weighted by molar-refractivity contribution is 5.92. The fourth-order valence-electron chi connectivity index (χ4n) is 3.33. The maximum Gasteiger partial charge on any atom is 0.320 e. The number of hydrogen-bond donors (Lipinski definition) is 5. The van der Waals surface area contributed by atoms with E-state index >= 15 is 0 Å². The van der Waals surface area contributed by atoms with Gasteiger partial charge in [0, 0.05) is 24.7 Å². The Morgan fingerprint density at radius 2 is 2.17 bits per heavy atom. The minimum Gasteiger partial charge on any atom is -0.387 e. The Bertz CT molecular complexity index is 870. The Morgan fingerprint density at radius 1 is 1.41 bits per heavy atom. The highest BCUT2D eigenvalue weighted by Crippen LogP contribution is 2.27. The number of amides is 2. The van der Waals surface area contributed by atoms with Crippen molar-refractivity contribution in [2.24, 2.45) is 0 Å². The molecule has 2 amide bonds. The Hall–Kier alpha value is -2.97. The molecule has 1 aromatic heterocycles. The molecule has 0 saturated carbocycles. The molecular weight excluding hydrogens is 370 g/mol. The largest absolute Gasteiger partial charge is 0.387 e. The molecule has 8 nitrogen and oxygen atoms in total. The van der Waals surface area contributed by atoms with Gasteiger partial charge in [-0.1, -0.05) is 30.3 Å². The number of nitrogens with one attached hydrogen (secondary N) is 4. The van der Waals surface area contributed by atoms with Crippen LogP contribution in [0.3, 0.4) is 0 Å². The van der Waals surface area contributed by atoms with Crippen molar-refractivity contribution in [2.75, 3.05) is 30.4 Å². The van der Waals surface area contributed by atoms with E-state index in [1.165, 1.54) is 6.21 Å². The van der Waals surface area contributed by atoms with Crippen LogP contribution in [0.2, 0.25) is 0 Å². The van der Waals surface area contributed by atoms with Gasteiger partial charge in [0.05, 0.1) is 36.2 Å². The maximum atomic E-state index is 12.6. The van der Waals surface area contributed by atoms with Crippen LogP contribution in [0.4, 0.5) is 16.3 Å². The minimum absolute atomic E-state index is 0.0804. The summed E-state index contributed by atoms with van der Waals surface area (Å²) in [5.74, 6) is 0.321. The van der Waals surface area contributed by atoms with Crippen LogP contribution in [-0.2, 0) is 11.2 Å². The van der Waals surface area contributed by atoms with E-state index in [1.807, 2.05) is 37.3 Å². The zero-order chi connectivity index (χ0) is 20.9. The van der Waals surface area contributed by atoms with Crippen LogP contribution < -0.4 is 16.0 Å². The summed E-state index contributed by atoms with van der Waals surface area (Å²) >= 11 is 0. The molecule has 0 aliphatic carbocycles. The topological polar surface area (TPSA) is 119 Å². The summed E-state index contributed by atoms with van der Waals surface area (Å²) in [6.07, 6.45) is 1.42. The van der Waals surface area contributed by atoms with Crippen LogP contribution in [0.15, 0.2) is 36.4 Å². The van der Waals surface area contributed by atoms with E-state index in [0.717, 1.165) is 5.56 Å². The van der Waals surface area contributed by atoms with Crippen molar-refractivity contribution in [3.8, 4) is 0 Å². The van der Waals surface area contributed by atoms with Crippen LogP contribution in [0.1, 0.15) is 36.7 Å². The first-order valence-corrected chi connectivity index (χ1v) is 9.62. The molecule has 154 valence electrons. The molecule has 1 aliphatic heterocycles. The summed E-state index contributed by atoms with van der Waals surface area (Å²) in [6, 6.07) is 10.4. The van der Waals surface area contributed by atoms with Crippen molar-refractivity contribution in [2.45, 2.75) is 31.9 Å². The van der Waals surface area contributed by atoms with Crippen LogP contribution in [0.5, 0.6) is 0 Å². The molecule has 5 N–H and O–H groups in total. The van der Waals surface area contributed by atoms with Gasteiger partial charge in [-0.15, -0.1) is 0 Å². The zero-order valence-corrected chi connectivity index (χ0v) is 16.7. The molecule has 1 aromatic carbocycles. The summed E-state index contributed by atoms with van der Waals surface area (Å²) in [4.78, 5) is 17.1. The number of urea groups is 1. The molecule has 2 bridgehead atoms. The van der Waals surface area contributed by atoms with Crippen molar-refractivity contribution < 1.29 is 14.6 Å². The number of ether oxygens (including phenoxy) is 1. The molecule has 2 unspecified atom stereocenters. The van der Waals surface area contributed by atoms with Crippen molar-refractivity contribution in [1.82, 2.24) is 10.3 Å². The summed E-state index contributed by atoms with van der Waals surface area (Å²) in [5.41, 5.74) is 1.56. The van der Waals surface area contributed by atoms with Gasteiger partial charge >= 0.3 is 6.03 Å². The lowest BCUT2D eigenvalue weighted by Gasteiger charge is -2.28. The standard InChI is InChI=1S/C21H27N5O3/c1-3-23-19-15(11-22)9-18-24-16(19)10-21(2,28)13-29-12-17(25-20(27)26-18)14-7-5-4-6-8-14/h4-9,11,17,22-23,28H,3,10,12-13H2,1-2H3,(H2,24,25,26,27). The number of pyridine rings is 1. The van der Waals surface area contributed by atoms with Gasteiger partial charge in [-0.3, -0.25) is 5.32 Å². The van der Waals surface area contributed by atoms with Gasteiger partial charge < -0.3 is 25.9 Å². The molecule has 1 aliphatic rings. The number of aliphatic hydroxyl groups is 1. The number of benzene rings is 1. The van der Waals surface area contributed by atoms with Crippen molar-refractivity contribution in [1.29, 1.82) is 5.41 Å². The number of fused-ring (bicyclic) bond motifs is 2. The van der Waals surface area contributed by atoms with Gasteiger partial charge in [0.2, 0.25) is 0 Å². The number of carbonyl (C=O) groups is 1. The van der Waals surface area contributed by atoms with E-state index in [2.05, 4.69) is 20.9 Å². The fourth-order valence-corrected chi connectivity index (χ4v) is 3.33. The van der Waals surface area contributed by atoms with Crippen molar-refractivity contribution in [3.63, 3.8) is 0 Å². The van der Waals surface area contributed by atoms with Crippen molar-refractivity contribution in [3.05, 3.63) is 53.2 Å². The molecule has 2 heterocycles. The number of hydrogen-bond acceptors (Lipinski definition) is 6. The minimum atomic E-state index is -1.17. The number of anilines is 2. The Labute approximate surface area is 170 Å². The quantitative estimate of drug-likeness (QED) is 0.508. The second kappa shape index (κ2) is 9.02. The third kappa shape index (κ3) is 5.30. The van der Waals surface area contributed by atoms with E-state index in [1.54, 1.807) is 13.0 Å². The van der Waals surface area contributed by atoms with Gasteiger partial charge in [-0.2, -0.15) is 0 Å². The van der Waals surface area contributed by atoms with Gasteiger partial charge in [-0.25, -0.2) is 9.78 Å². The molecule has 0 spiro atoms. The van der Waals surface area contributed by atoms with Gasteiger partial charge in [0.1, 0.15) is 5.82 Å². The molecule has 2 aromatic rings. The molecule has 8 heteroatoms. The average Bonchev–Trinajstić information content (AvgIpc) is 2.68. The predicted molar refractivity (Wildman–Crippen MR) is 113 cm³/mol. The summed E-state index contributed by atoms with van der Waals surface area (Å²) < 4.78 is 5.78. The van der Waals surface area contributed by atoms with Gasteiger partial charge in [0.15, 0.2) is 0 Å². The molecule has 0 fully saturated rings. The Balaban J connectivity index is 1.98. The maximum absolute atomic E-state index is 12.6. The molecule has 0 saturated heterocycles. The van der Waals surface area contributed by atoms with Crippen LogP contribution in [0, 0.1) is 5.41 Å². The van der Waals surface area contributed by atoms with Gasteiger partial charge in [-0.05, 0) is 25.5 Å². The third-order valence-electron chi connectivity index (χ3n) is 4.63. The highest BCUT2D eigenvalue weighted by atomic mass is 16.5.